The third-order valence-corrected chi connectivity index (χ3v) is 2.14. The number of hydrogen-bond donors (Lipinski definition) is 1. The molecule has 1 aromatic heterocycles. The highest BCUT2D eigenvalue weighted by Gasteiger charge is 2.30. The second-order valence-corrected chi connectivity index (χ2v) is 3.40. The Morgan fingerprint density at radius 2 is 2.12 bits per heavy atom. The van der Waals surface area contributed by atoms with E-state index in [4.69, 9.17) is 4.42 Å². The Morgan fingerprint density at radius 1 is 1.29 bits per heavy atom. The quantitative estimate of drug-likeness (QED) is 0.897. The molecule has 1 N–H and O–H groups in total. The minimum atomic E-state index is -4.33. The van der Waals surface area contributed by atoms with Gasteiger partial charge in [0.25, 0.3) is 0 Å². The molecule has 0 saturated carbocycles. The molecule has 6 heteroatoms. The van der Waals surface area contributed by atoms with Crippen molar-refractivity contribution in [2.45, 2.75) is 12.7 Å². The van der Waals surface area contributed by atoms with Gasteiger partial charge in [-0.05, 0) is 18.2 Å². The van der Waals surface area contributed by atoms with Crippen molar-refractivity contribution in [1.82, 2.24) is 4.98 Å². The summed E-state index contributed by atoms with van der Waals surface area (Å²) < 4.78 is 42.2. The largest absolute Gasteiger partial charge is 0.447 e. The molecule has 0 bridgehead atoms. The zero-order valence-electron chi connectivity index (χ0n) is 8.66. The first-order valence-electron chi connectivity index (χ1n) is 4.84. The molecule has 0 spiro atoms. The van der Waals surface area contributed by atoms with Gasteiger partial charge in [0, 0.05) is 5.69 Å². The predicted octanol–water partition coefficient (Wildman–Crippen LogP) is 3.31. The minimum Gasteiger partial charge on any atom is -0.447 e. The number of rotatable bonds is 3. The van der Waals surface area contributed by atoms with E-state index in [1.54, 1.807) is 6.07 Å². The molecule has 0 aliphatic heterocycles. The molecule has 0 aliphatic carbocycles. The predicted molar refractivity (Wildman–Crippen MR) is 55.3 cm³/mol. The van der Waals surface area contributed by atoms with Crippen LogP contribution in [0.3, 0.4) is 0 Å². The first-order chi connectivity index (χ1) is 8.05. The van der Waals surface area contributed by atoms with Gasteiger partial charge in [-0.3, -0.25) is 0 Å². The lowest BCUT2D eigenvalue weighted by atomic mass is 10.2. The molecule has 3 nitrogen and oxygen atoms in total. The van der Waals surface area contributed by atoms with E-state index in [0.29, 0.717) is 18.0 Å². The number of oxazole rings is 1. The van der Waals surface area contributed by atoms with Gasteiger partial charge in [-0.15, -0.1) is 0 Å². The maximum absolute atomic E-state index is 12.4. The van der Waals surface area contributed by atoms with E-state index in [9.17, 15) is 13.2 Å². The van der Waals surface area contributed by atoms with Crippen LogP contribution < -0.4 is 5.32 Å². The maximum Gasteiger partial charge on any atom is 0.416 e. The third kappa shape index (κ3) is 2.99. The number of alkyl halides is 3. The summed E-state index contributed by atoms with van der Waals surface area (Å²) in [4.78, 5) is 3.70. The van der Waals surface area contributed by atoms with Crippen LogP contribution in [0.4, 0.5) is 18.9 Å². The molecular formula is C11H9F3N2O. The van der Waals surface area contributed by atoms with E-state index < -0.39 is 11.7 Å². The van der Waals surface area contributed by atoms with E-state index in [-0.39, 0.29) is 0 Å². The van der Waals surface area contributed by atoms with Crippen molar-refractivity contribution in [3.8, 4) is 0 Å². The van der Waals surface area contributed by atoms with Crippen LogP contribution in [0, 0.1) is 0 Å². The van der Waals surface area contributed by atoms with E-state index in [0.717, 1.165) is 12.1 Å². The Labute approximate surface area is 95.3 Å². The monoisotopic (exact) mass is 242 g/mol. The van der Waals surface area contributed by atoms with Crippen molar-refractivity contribution in [1.29, 1.82) is 0 Å². The number of aromatic nitrogens is 1. The molecule has 2 aromatic rings. The Kier molecular flexibility index (Phi) is 3.03. The molecule has 0 unspecified atom stereocenters. The zero-order valence-corrected chi connectivity index (χ0v) is 8.66. The van der Waals surface area contributed by atoms with Crippen molar-refractivity contribution in [3.05, 3.63) is 48.2 Å². The maximum atomic E-state index is 12.4. The van der Waals surface area contributed by atoms with Gasteiger partial charge in [-0.2, -0.15) is 13.2 Å². The molecule has 2 rings (SSSR count). The van der Waals surface area contributed by atoms with Crippen LogP contribution in [0.1, 0.15) is 11.3 Å². The third-order valence-electron chi connectivity index (χ3n) is 2.14. The Hall–Kier alpha value is -1.98. The fraction of sp³-hybridized carbons (Fsp3) is 0.182. The number of halogens is 3. The summed E-state index contributed by atoms with van der Waals surface area (Å²) in [5.74, 6) is 0.558. The lowest BCUT2D eigenvalue weighted by Gasteiger charge is -2.09. The minimum absolute atomic E-state index is 0.293. The standard InChI is InChI=1S/C11H9F3N2O/c12-11(13,14)8-2-1-3-9(4-8)16-6-10-5-15-7-17-10/h1-5,7,16H,6H2. The molecule has 90 valence electrons. The van der Waals surface area contributed by atoms with E-state index >= 15 is 0 Å². The summed E-state index contributed by atoms with van der Waals surface area (Å²) in [7, 11) is 0. The van der Waals surface area contributed by atoms with Crippen LogP contribution in [-0.4, -0.2) is 4.98 Å². The van der Waals surface area contributed by atoms with Crippen LogP contribution in [0.15, 0.2) is 41.3 Å². The number of anilines is 1. The summed E-state index contributed by atoms with van der Waals surface area (Å²) in [6.45, 7) is 0.293. The second-order valence-electron chi connectivity index (χ2n) is 3.40. The van der Waals surface area contributed by atoms with Crippen molar-refractivity contribution in [3.63, 3.8) is 0 Å². The molecular weight excluding hydrogens is 233 g/mol. The van der Waals surface area contributed by atoms with Gasteiger partial charge in [0.1, 0.15) is 5.76 Å². The smallest absolute Gasteiger partial charge is 0.416 e. The van der Waals surface area contributed by atoms with Crippen molar-refractivity contribution in [2.24, 2.45) is 0 Å². The van der Waals surface area contributed by atoms with Crippen LogP contribution in [-0.2, 0) is 12.7 Å². The SMILES string of the molecule is FC(F)(F)c1cccc(NCc2cnco2)c1. The van der Waals surface area contributed by atoms with Gasteiger partial charge in [0.2, 0.25) is 0 Å². The van der Waals surface area contributed by atoms with Crippen LogP contribution >= 0.6 is 0 Å². The summed E-state index contributed by atoms with van der Waals surface area (Å²) in [6.07, 6.45) is -1.56. The van der Waals surface area contributed by atoms with Gasteiger partial charge < -0.3 is 9.73 Å². The van der Waals surface area contributed by atoms with Gasteiger partial charge in [0.15, 0.2) is 6.39 Å². The van der Waals surface area contributed by atoms with E-state index in [1.807, 2.05) is 0 Å². The van der Waals surface area contributed by atoms with Crippen molar-refractivity contribution in [2.75, 3.05) is 5.32 Å². The normalized spacial score (nSPS) is 11.5. The zero-order chi connectivity index (χ0) is 12.3. The number of hydrogen-bond acceptors (Lipinski definition) is 3. The fourth-order valence-electron chi connectivity index (χ4n) is 1.32. The van der Waals surface area contributed by atoms with Crippen molar-refractivity contribution < 1.29 is 17.6 Å². The molecule has 1 aromatic carbocycles. The first kappa shape index (κ1) is 11.5. The summed E-state index contributed by atoms with van der Waals surface area (Å²) >= 11 is 0. The Morgan fingerprint density at radius 3 is 2.76 bits per heavy atom. The van der Waals surface area contributed by atoms with Crippen LogP contribution in [0.5, 0.6) is 0 Å². The van der Waals surface area contributed by atoms with Crippen LogP contribution in [0.25, 0.3) is 0 Å². The number of nitrogens with one attached hydrogen (secondary N) is 1. The average molecular weight is 242 g/mol. The van der Waals surface area contributed by atoms with Gasteiger partial charge in [-0.25, -0.2) is 4.98 Å². The molecule has 0 amide bonds. The molecule has 17 heavy (non-hydrogen) atoms. The lowest BCUT2D eigenvalue weighted by molar-refractivity contribution is -0.137. The lowest BCUT2D eigenvalue weighted by Crippen LogP contribution is -2.06. The van der Waals surface area contributed by atoms with E-state index in [2.05, 4.69) is 10.3 Å². The number of nitrogens with zero attached hydrogens (tertiary/aromatic N) is 1. The van der Waals surface area contributed by atoms with Gasteiger partial charge in [-0.1, -0.05) is 6.07 Å². The fourth-order valence-corrected chi connectivity index (χ4v) is 1.32. The average Bonchev–Trinajstić information content (AvgIpc) is 2.78. The van der Waals surface area contributed by atoms with Crippen LogP contribution in [0.2, 0.25) is 0 Å². The summed E-state index contributed by atoms with van der Waals surface area (Å²) in [6, 6.07) is 4.99. The molecule has 0 fully saturated rings. The Bertz CT molecular complexity index is 480. The topological polar surface area (TPSA) is 38.1 Å². The highest BCUT2D eigenvalue weighted by Crippen LogP contribution is 2.30. The Balaban J connectivity index is 2.07. The van der Waals surface area contributed by atoms with Gasteiger partial charge in [0.05, 0.1) is 18.3 Å². The molecule has 0 aliphatic rings. The first-order valence-corrected chi connectivity index (χ1v) is 4.84. The van der Waals surface area contributed by atoms with Crippen molar-refractivity contribution >= 4 is 5.69 Å². The number of benzene rings is 1. The van der Waals surface area contributed by atoms with E-state index in [1.165, 1.54) is 18.7 Å². The highest BCUT2D eigenvalue weighted by molar-refractivity contribution is 5.46. The molecule has 0 radical (unpaired) electrons. The highest BCUT2D eigenvalue weighted by atomic mass is 19.4. The summed E-state index contributed by atoms with van der Waals surface area (Å²) in [5, 5.41) is 2.83. The molecule has 1 heterocycles. The molecule has 0 atom stereocenters. The second kappa shape index (κ2) is 4.48. The van der Waals surface area contributed by atoms with Gasteiger partial charge >= 0.3 is 6.18 Å². The molecule has 0 saturated heterocycles. The summed E-state index contributed by atoms with van der Waals surface area (Å²) in [5.41, 5.74) is -0.295.